The third-order valence-electron chi connectivity index (χ3n) is 3.23. The predicted molar refractivity (Wildman–Crippen MR) is 67.7 cm³/mol. The number of hydrogen-bond acceptors (Lipinski definition) is 3. The van der Waals surface area contributed by atoms with Gasteiger partial charge in [0, 0.05) is 7.11 Å². The minimum absolute atomic E-state index is 0.325. The average Bonchev–Trinajstić information content (AvgIpc) is 2.57. The van der Waals surface area contributed by atoms with Crippen LogP contribution in [0.4, 0.5) is 0 Å². The van der Waals surface area contributed by atoms with Gasteiger partial charge in [0.05, 0.1) is 19.3 Å². The van der Waals surface area contributed by atoms with Gasteiger partial charge in [0.2, 0.25) is 0 Å². The third-order valence-corrected chi connectivity index (χ3v) is 3.23. The molecule has 0 aromatic heterocycles. The number of ether oxygens (including phenoxy) is 1. The molecule has 17 heavy (non-hydrogen) atoms. The molecular weight excluding hydrogens is 214 g/mol. The molecule has 1 aromatic rings. The molecule has 0 saturated carbocycles. The van der Waals surface area contributed by atoms with Crippen molar-refractivity contribution in [3.63, 3.8) is 0 Å². The molecule has 3 nitrogen and oxygen atoms in total. The van der Waals surface area contributed by atoms with E-state index in [0.717, 1.165) is 6.42 Å². The lowest BCUT2D eigenvalue weighted by Crippen LogP contribution is -2.23. The van der Waals surface area contributed by atoms with E-state index in [2.05, 4.69) is 29.7 Å². The van der Waals surface area contributed by atoms with Gasteiger partial charge >= 0.3 is 0 Å². The second-order valence-electron chi connectivity index (χ2n) is 4.46. The molecule has 0 saturated heterocycles. The summed E-state index contributed by atoms with van der Waals surface area (Å²) in [5, 5.41) is 0. The highest BCUT2D eigenvalue weighted by Gasteiger charge is 2.17. The van der Waals surface area contributed by atoms with Crippen LogP contribution < -0.4 is 5.48 Å². The highest BCUT2D eigenvalue weighted by atomic mass is 16.7. The first kappa shape index (κ1) is 12.6. The second kappa shape index (κ2) is 6.74. The van der Waals surface area contributed by atoms with Gasteiger partial charge in [-0.2, -0.15) is 5.48 Å². The topological polar surface area (TPSA) is 30.5 Å². The fourth-order valence-electron chi connectivity index (χ4n) is 2.33. The number of methoxy groups -OCH3 is 1. The number of aryl methyl sites for hydroxylation is 1. The summed E-state index contributed by atoms with van der Waals surface area (Å²) in [6, 6.07) is 8.98. The molecule has 94 valence electrons. The molecule has 2 rings (SSSR count). The van der Waals surface area contributed by atoms with Gasteiger partial charge in [0.15, 0.2) is 0 Å². The first-order chi connectivity index (χ1) is 8.42. The van der Waals surface area contributed by atoms with E-state index >= 15 is 0 Å². The quantitative estimate of drug-likeness (QED) is 0.483. The number of nitrogens with one attached hydrogen (secondary N) is 1. The fraction of sp³-hybridized carbons (Fsp3) is 0.571. The standard InChI is InChI=1S/C14H21NO2/c1-16-10-11-17-15-14-9-5-3-7-12-6-2-4-8-13(12)14/h2,4,6,8,14-15H,3,5,7,9-11H2,1H3. The van der Waals surface area contributed by atoms with Crippen molar-refractivity contribution >= 4 is 0 Å². The normalized spacial score (nSPS) is 19.7. The summed E-state index contributed by atoms with van der Waals surface area (Å²) < 4.78 is 4.96. The summed E-state index contributed by atoms with van der Waals surface area (Å²) in [5.41, 5.74) is 6.02. The van der Waals surface area contributed by atoms with E-state index in [9.17, 15) is 0 Å². The zero-order valence-corrected chi connectivity index (χ0v) is 10.4. The summed E-state index contributed by atoms with van der Waals surface area (Å²) in [4.78, 5) is 5.45. The Bertz CT molecular complexity index is 341. The minimum atomic E-state index is 0.325. The molecule has 0 heterocycles. The highest BCUT2D eigenvalue weighted by Crippen LogP contribution is 2.28. The van der Waals surface area contributed by atoms with Gasteiger partial charge in [-0.25, -0.2) is 0 Å². The Morgan fingerprint density at radius 3 is 3.00 bits per heavy atom. The maximum absolute atomic E-state index is 5.45. The molecule has 1 aromatic carbocycles. The number of rotatable bonds is 5. The minimum Gasteiger partial charge on any atom is -0.382 e. The Hall–Kier alpha value is -0.900. The van der Waals surface area contributed by atoms with E-state index in [0.29, 0.717) is 19.3 Å². The van der Waals surface area contributed by atoms with E-state index < -0.39 is 0 Å². The molecule has 0 bridgehead atoms. The number of fused-ring (bicyclic) bond motifs is 1. The molecule has 0 aliphatic heterocycles. The molecule has 1 aliphatic rings. The zero-order valence-electron chi connectivity index (χ0n) is 10.4. The molecular formula is C14H21NO2. The Balaban J connectivity index is 1.97. The van der Waals surface area contributed by atoms with Crippen molar-refractivity contribution in [1.82, 2.24) is 5.48 Å². The van der Waals surface area contributed by atoms with Crippen LogP contribution >= 0.6 is 0 Å². The van der Waals surface area contributed by atoms with Crippen molar-refractivity contribution in [3.8, 4) is 0 Å². The van der Waals surface area contributed by atoms with E-state index in [1.54, 1.807) is 7.11 Å². The van der Waals surface area contributed by atoms with Crippen LogP contribution in [0.1, 0.15) is 36.4 Å². The lowest BCUT2D eigenvalue weighted by Gasteiger charge is -2.18. The van der Waals surface area contributed by atoms with Crippen LogP contribution in [0.25, 0.3) is 0 Å². The average molecular weight is 235 g/mol. The Morgan fingerprint density at radius 2 is 2.12 bits per heavy atom. The van der Waals surface area contributed by atoms with Crippen molar-refractivity contribution in [2.24, 2.45) is 0 Å². The number of hydroxylamine groups is 1. The maximum Gasteiger partial charge on any atom is 0.0916 e. The van der Waals surface area contributed by atoms with E-state index in [-0.39, 0.29) is 0 Å². The van der Waals surface area contributed by atoms with Gasteiger partial charge in [-0.05, 0) is 30.4 Å². The third kappa shape index (κ3) is 3.53. The molecule has 1 N–H and O–H groups in total. The Morgan fingerprint density at radius 1 is 1.24 bits per heavy atom. The van der Waals surface area contributed by atoms with Gasteiger partial charge in [0.25, 0.3) is 0 Å². The number of benzene rings is 1. The number of hydrogen-bond donors (Lipinski definition) is 1. The van der Waals surface area contributed by atoms with E-state index in [4.69, 9.17) is 9.57 Å². The van der Waals surface area contributed by atoms with Crippen molar-refractivity contribution in [1.29, 1.82) is 0 Å². The molecule has 1 aliphatic carbocycles. The molecule has 0 fully saturated rings. The molecule has 1 atom stereocenters. The van der Waals surface area contributed by atoms with Gasteiger partial charge in [-0.1, -0.05) is 30.7 Å². The van der Waals surface area contributed by atoms with Crippen LogP contribution in [-0.2, 0) is 16.0 Å². The van der Waals surface area contributed by atoms with Gasteiger partial charge < -0.3 is 4.74 Å². The van der Waals surface area contributed by atoms with Crippen molar-refractivity contribution in [2.75, 3.05) is 20.3 Å². The summed E-state index contributed by atoms with van der Waals surface area (Å²) in [6.45, 7) is 1.22. The smallest absolute Gasteiger partial charge is 0.0916 e. The first-order valence-electron chi connectivity index (χ1n) is 6.36. The Kier molecular flexibility index (Phi) is 4.98. The van der Waals surface area contributed by atoms with E-state index in [1.807, 2.05) is 0 Å². The molecule has 3 heteroatoms. The van der Waals surface area contributed by atoms with Crippen LogP contribution in [0.3, 0.4) is 0 Å². The van der Waals surface area contributed by atoms with Gasteiger partial charge in [0.1, 0.15) is 0 Å². The zero-order chi connectivity index (χ0) is 11.9. The molecule has 0 spiro atoms. The largest absolute Gasteiger partial charge is 0.382 e. The lowest BCUT2D eigenvalue weighted by atomic mass is 10.00. The Labute approximate surface area is 103 Å². The lowest BCUT2D eigenvalue weighted by molar-refractivity contribution is -0.0140. The summed E-state index contributed by atoms with van der Waals surface area (Å²) in [6.07, 6.45) is 4.85. The van der Waals surface area contributed by atoms with Crippen LogP contribution in [-0.4, -0.2) is 20.3 Å². The predicted octanol–water partition coefficient (Wildman–Crippen LogP) is 2.62. The van der Waals surface area contributed by atoms with E-state index in [1.165, 1.54) is 30.4 Å². The monoisotopic (exact) mass is 235 g/mol. The van der Waals surface area contributed by atoms with Crippen molar-refractivity contribution in [2.45, 2.75) is 31.7 Å². The highest BCUT2D eigenvalue weighted by molar-refractivity contribution is 5.30. The second-order valence-corrected chi connectivity index (χ2v) is 4.46. The summed E-state index contributed by atoms with van der Waals surface area (Å²) in [7, 11) is 1.68. The summed E-state index contributed by atoms with van der Waals surface area (Å²) >= 11 is 0. The van der Waals surface area contributed by atoms with Crippen molar-refractivity contribution in [3.05, 3.63) is 35.4 Å². The maximum atomic E-state index is 5.45. The summed E-state index contributed by atoms with van der Waals surface area (Å²) in [5.74, 6) is 0. The fourth-order valence-corrected chi connectivity index (χ4v) is 2.33. The van der Waals surface area contributed by atoms with Gasteiger partial charge in [-0.15, -0.1) is 0 Å². The molecule has 0 amide bonds. The SMILES string of the molecule is COCCONC1CCCCc2ccccc21. The molecule has 0 radical (unpaired) electrons. The van der Waals surface area contributed by atoms with Crippen LogP contribution in [0, 0.1) is 0 Å². The van der Waals surface area contributed by atoms with Crippen LogP contribution in [0.5, 0.6) is 0 Å². The van der Waals surface area contributed by atoms with Crippen LogP contribution in [0.15, 0.2) is 24.3 Å². The molecule has 1 unspecified atom stereocenters. The van der Waals surface area contributed by atoms with Crippen LogP contribution in [0.2, 0.25) is 0 Å². The first-order valence-corrected chi connectivity index (χ1v) is 6.36. The van der Waals surface area contributed by atoms with Crippen molar-refractivity contribution < 1.29 is 9.57 Å². The van der Waals surface area contributed by atoms with Gasteiger partial charge in [-0.3, -0.25) is 4.84 Å².